The molecule has 2 heterocycles. The van der Waals surface area contributed by atoms with Gasteiger partial charge in [0.2, 0.25) is 0 Å². The van der Waals surface area contributed by atoms with E-state index in [9.17, 15) is 14.9 Å². The van der Waals surface area contributed by atoms with Gasteiger partial charge in [0, 0.05) is 17.2 Å². The number of aromatic nitrogens is 3. The molecule has 10 heteroatoms. The van der Waals surface area contributed by atoms with Gasteiger partial charge in [0.1, 0.15) is 17.4 Å². The molecule has 0 radical (unpaired) electrons. The summed E-state index contributed by atoms with van der Waals surface area (Å²) >= 11 is 12.3. The molecule has 0 spiro atoms. The van der Waals surface area contributed by atoms with Gasteiger partial charge in [-0.2, -0.15) is 10.4 Å². The molecule has 2 aromatic carbocycles. The third-order valence-corrected chi connectivity index (χ3v) is 6.76. The number of carbonyl (C=O) groups is 1. The number of benzene rings is 2. The number of hydrogen-bond acceptors (Lipinski definition) is 6. The molecule has 190 valence electrons. The Kier molecular flexibility index (Phi) is 7.98. The van der Waals surface area contributed by atoms with Crippen LogP contribution < -0.4 is 16.0 Å². The van der Waals surface area contributed by atoms with Crippen molar-refractivity contribution in [2.24, 2.45) is 5.73 Å². The third-order valence-electron chi connectivity index (χ3n) is 6.02. The van der Waals surface area contributed by atoms with Gasteiger partial charge in [-0.25, -0.2) is 9.31 Å². The van der Waals surface area contributed by atoms with Crippen LogP contribution in [-0.2, 0) is 4.79 Å². The molecule has 4 aromatic rings. The summed E-state index contributed by atoms with van der Waals surface area (Å²) in [5, 5.41) is 14.8. The van der Waals surface area contributed by atoms with E-state index in [0.29, 0.717) is 50.2 Å². The molecular weight excluding hydrogens is 513 g/mol. The van der Waals surface area contributed by atoms with Crippen molar-refractivity contribution in [1.29, 1.82) is 5.26 Å². The number of nitrogens with one attached hydrogen (secondary N) is 1. The molecule has 0 fully saturated rings. The Bertz CT molecular complexity index is 1590. The van der Waals surface area contributed by atoms with Crippen molar-refractivity contribution in [1.82, 2.24) is 14.6 Å². The second-order valence-electron chi connectivity index (χ2n) is 8.71. The van der Waals surface area contributed by atoms with Crippen molar-refractivity contribution in [3.05, 3.63) is 74.1 Å². The van der Waals surface area contributed by atoms with Crippen LogP contribution in [0.3, 0.4) is 0 Å². The van der Waals surface area contributed by atoms with E-state index in [1.807, 2.05) is 13.0 Å². The summed E-state index contributed by atoms with van der Waals surface area (Å²) in [6, 6.07) is 12.4. The van der Waals surface area contributed by atoms with Gasteiger partial charge in [0.15, 0.2) is 0 Å². The van der Waals surface area contributed by atoms with E-state index in [0.717, 1.165) is 24.8 Å². The number of nitriles is 1. The minimum absolute atomic E-state index is 0.117. The minimum Gasteiger partial charge on any atom is -0.425 e. The Morgan fingerprint density at radius 1 is 1.19 bits per heavy atom. The number of aromatic amines is 1. The number of unbranched alkanes of at least 4 members (excludes halogenated alkanes) is 2. The smallest absolute Gasteiger partial charge is 0.328 e. The van der Waals surface area contributed by atoms with Crippen LogP contribution >= 0.6 is 23.2 Å². The first-order valence-electron chi connectivity index (χ1n) is 11.8. The lowest BCUT2D eigenvalue weighted by Gasteiger charge is -2.15. The second kappa shape index (κ2) is 11.2. The largest absolute Gasteiger partial charge is 0.425 e. The molecule has 37 heavy (non-hydrogen) atoms. The van der Waals surface area contributed by atoms with Crippen molar-refractivity contribution in [3.8, 4) is 34.2 Å². The van der Waals surface area contributed by atoms with Crippen molar-refractivity contribution < 1.29 is 9.53 Å². The number of carbonyl (C=O) groups excluding carboxylic acids is 1. The fourth-order valence-corrected chi connectivity index (χ4v) is 4.45. The molecule has 4 rings (SSSR count). The van der Waals surface area contributed by atoms with Crippen molar-refractivity contribution >= 4 is 34.8 Å². The highest BCUT2D eigenvalue weighted by molar-refractivity contribution is 6.42. The maximum absolute atomic E-state index is 12.8. The summed E-state index contributed by atoms with van der Waals surface area (Å²) in [7, 11) is 0. The monoisotopic (exact) mass is 537 g/mol. The Morgan fingerprint density at radius 2 is 1.97 bits per heavy atom. The summed E-state index contributed by atoms with van der Waals surface area (Å²) in [4.78, 5) is 28.4. The minimum atomic E-state index is -0.808. The maximum atomic E-state index is 12.8. The number of esters is 1. The SMILES string of the molecule is CCCCC[C@H](N)C(=O)Oc1cc(C#N)ccc1-c1cc(=O)[nH]c2c(-c3ccc(Cl)c(Cl)c3)c(C)nn12. The van der Waals surface area contributed by atoms with Gasteiger partial charge in [-0.3, -0.25) is 4.79 Å². The van der Waals surface area contributed by atoms with Crippen LogP contribution in [0.5, 0.6) is 5.75 Å². The van der Waals surface area contributed by atoms with Crippen LogP contribution in [0.4, 0.5) is 0 Å². The van der Waals surface area contributed by atoms with Gasteiger partial charge in [-0.15, -0.1) is 0 Å². The van der Waals surface area contributed by atoms with Gasteiger partial charge >= 0.3 is 5.97 Å². The first kappa shape index (κ1) is 26.4. The van der Waals surface area contributed by atoms with Gasteiger partial charge in [-0.1, -0.05) is 55.5 Å². The molecule has 0 saturated carbocycles. The third kappa shape index (κ3) is 5.54. The quantitative estimate of drug-likeness (QED) is 0.169. The summed E-state index contributed by atoms with van der Waals surface area (Å²) in [6.45, 7) is 3.87. The summed E-state index contributed by atoms with van der Waals surface area (Å²) < 4.78 is 7.24. The fraction of sp³-hybridized carbons (Fsp3) is 0.259. The van der Waals surface area contributed by atoms with Gasteiger partial charge in [-0.05, 0) is 49.2 Å². The number of hydrogen-bond donors (Lipinski definition) is 2. The van der Waals surface area contributed by atoms with E-state index in [4.69, 9.17) is 33.7 Å². The molecule has 1 atom stereocenters. The maximum Gasteiger partial charge on any atom is 0.328 e. The number of H-pyrrole nitrogens is 1. The van der Waals surface area contributed by atoms with Crippen LogP contribution in [0, 0.1) is 18.3 Å². The van der Waals surface area contributed by atoms with Gasteiger partial charge in [0.25, 0.3) is 5.56 Å². The zero-order valence-electron chi connectivity index (χ0n) is 20.3. The lowest BCUT2D eigenvalue weighted by Crippen LogP contribution is -2.34. The number of ether oxygens (including phenoxy) is 1. The average Bonchev–Trinajstić information content (AvgIpc) is 3.20. The highest BCUT2D eigenvalue weighted by Gasteiger charge is 2.22. The zero-order valence-corrected chi connectivity index (χ0v) is 21.9. The lowest BCUT2D eigenvalue weighted by molar-refractivity contribution is -0.136. The summed E-state index contributed by atoms with van der Waals surface area (Å²) in [5.74, 6) is -0.493. The number of fused-ring (bicyclic) bond motifs is 1. The second-order valence-corrected chi connectivity index (χ2v) is 9.53. The predicted molar refractivity (Wildman–Crippen MR) is 144 cm³/mol. The van der Waals surface area contributed by atoms with Crippen LogP contribution in [0.25, 0.3) is 28.0 Å². The summed E-state index contributed by atoms with van der Waals surface area (Å²) in [5.41, 5.74) is 9.20. The molecule has 0 aliphatic carbocycles. The van der Waals surface area contributed by atoms with Crippen molar-refractivity contribution in [2.45, 2.75) is 45.6 Å². The van der Waals surface area contributed by atoms with Gasteiger partial charge in [0.05, 0.1) is 33.1 Å². The van der Waals surface area contributed by atoms with E-state index in [2.05, 4.69) is 17.0 Å². The Labute approximate surface area is 223 Å². The molecular formula is C27H25Cl2N5O3. The molecule has 8 nitrogen and oxygen atoms in total. The van der Waals surface area contributed by atoms with Gasteiger partial charge < -0.3 is 15.5 Å². The standard InChI is InChI=1S/C27H25Cl2N5O3/c1-3-4-5-6-21(31)27(36)37-23-11-16(14-30)7-9-18(23)22-13-24(35)32-26-25(15(2)33-34(22)26)17-8-10-19(28)20(29)12-17/h7-13,21H,3-6,31H2,1-2H3,(H,32,35)/t21-/m0/s1. The Balaban J connectivity index is 1.84. The first-order chi connectivity index (χ1) is 17.7. The average molecular weight is 538 g/mol. The van der Waals surface area contributed by atoms with E-state index < -0.39 is 12.0 Å². The highest BCUT2D eigenvalue weighted by Crippen LogP contribution is 2.35. The molecule has 0 bridgehead atoms. The Hall–Kier alpha value is -3.64. The number of halogens is 2. The van der Waals surface area contributed by atoms with E-state index in [1.165, 1.54) is 12.1 Å². The van der Waals surface area contributed by atoms with E-state index in [-0.39, 0.29) is 11.3 Å². The molecule has 0 unspecified atom stereocenters. The van der Waals surface area contributed by atoms with Crippen molar-refractivity contribution in [2.75, 3.05) is 0 Å². The first-order valence-corrected chi connectivity index (χ1v) is 12.6. The van der Waals surface area contributed by atoms with E-state index in [1.54, 1.807) is 34.8 Å². The highest BCUT2D eigenvalue weighted by atomic mass is 35.5. The van der Waals surface area contributed by atoms with Crippen LogP contribution in [0.1, 0.15) is 43.9 Å². The molecule has 3 N–H and O–H groups in total. The molecule has 0 aliphatic rings. The van der Waals surface area contributed by atoms with Crippen molar-refractivity contribution in [3.63, 3.8) is 0 Å². The van der Waals surface area contributed by atoms with Crippen LogP contribution in [0.15, 0.2) is 47.3 Å². The number of rotatable bonds is 8. The van der Waals surface area contributed by atoms with Crippen LogP contribution in [0.2, 0.25) is 10.0 Å². The predicted octanol–water partition coefficient (Wildman–Crippen LogP) is 5.66. The summed E-state index contributed by atoms with van der Waals surface area (Å²) in [6.07, 6.45) is 3.25. The number of nitrogens with two attached hydrogens (primary N) is 1. The fourth-order valence-electron chi connectivity index (χ4n) is 4.15. The van der Waals surface area contributed by atoms with E-state index >= 15 is 0 Å². The molecule has 0 saturated heterocycles. The zero-order chi connectivity index (χ0) is 26.7. The molecule has 0 aliphatic heterocycles. The topological polar surface area (TPSA) is 126 Å². The Morgan fingerprint density at radius 3 is 2.68 bits per heavy atom. The molecule has 0 amide bonds. The number of nitrogens with zero attached hydrogens (tertiary/aromatic N) is 3. The number of aryl methyl sites for hydroxylation is 1. The van der Waals surface area contributed by atoms with Crippen LogP contribution in [-0.4, -0.2) is 26.6 Å². The normalized spacial score (nSPS) is 11.9. The molecule has 2 aromatic heterocycles. The lowest BCUT2D eigenvalue weighted by atomic mass is 10.1.